The minimum Gasteiger partial charge on any atom is -0.328 e. The maximum absolute atomic E-state index is 13.0. The number of hydrogen-bond donors (Lipinski definition) is 1. The van der Waals surface area contributed by atoms with Crippen molar-refractivity contribution >= 4 is 0 Å². The predicted octanol–water partition coefficient (Wildman–Crippen LogP) is 7.28. The summed E-state index contributed by atoms with van der Waals surface area (Å²) >= 11 is 0. The quantitative estimate of drug-likeness (QED) is 0.498. The van der Waals surface area contributed by atoms with Crippen molar-refractivity contribution in [3.8, 4) is 0 Å². The fraction of sp³-hybridized carbons (Fsp3) is 1.00. The third-order valence-corrected chi connectivity index (χ3v) is 3.97. The van der Waals surface area contributed by atoms with Crippen LogP contribution in [-0.4, -0.2) is 11.7 Å². The van der Waals surface area contributed by atoms with Gasteiger partial charge < -0.3 is 5.73 Å². The van der Waals surface area contributed by atoms with E-state index in [2.05, 4.69) is 6.92 Å². The molecule has 2 saturated carbocycles. The highest BCUT2D eigenvalue weighted by Gasteiger charge is 2.28. The van der Waals surface area contributed by atoms with Crippen molar-refractivity contribution in [2.24, 2.45) is 11.7 Å². The number of hydrogen-bond acceptors (Lipinski definition) is 1. The van der Waals surface area contributed by atoms with Gasteiger partial charge in [-0.3, -0.25) is 0 Å². The van der Waals surface area contributed by atoms with E-state index in [1.165, 1.54) is 32.1 Å². The summed E-state index contributed by atoms with van der Waals surface area (Å²) in [5.41, 5.74) is 4.67. The molecule has 0 aromatic carbocycles. The molecular weight excluding hydrogens is 273 g/mol. The van der Waals surface area contributed by atoms with Crippen molar-refractivity contribution in [2.45, 2.75) is 125 Å². The third kappa shape index (κ3) is 17.9. The molecule has 0 spiro atoms. The van der Waals surface area contributed by atoms with Gasteiger partial charge in [0, 0.05) is 6.04 Å². The van der Waals surface area contributed by atoms with Crippen molar-refractivity contribution in [3.63, 3.8) is 0 Å². The summed E-state index contributed by atoms with van der Waals surface area (Å²) in [6.07, 6.45) is 10.4. The molecule has 22 heavy (non-hydrogen) atoms. The fourth-order valence-electron chi connectivity index (χ4n) is 2.55. The fourth-order valence-corrected chi connectivity index (χ4v) is 2.55. The number of alkyl halides is 1. The first-order valence-electron chi connectivity index (χ1n) is 9.94. The lowest BCUT2D eigenvalue weighted by Gasteiger charge is -2.28. The molecule has 0 atom stereocenters. The lowest BCUT2D eigenvalue weighted by Crippen LogP contribution is -2.33. The second kappa shape index (κ2) is 18.9. The first-order chi connectivity index (χ1) is 10.5. The van der Waals surface area contributed by atoms with Crippen LogP contribution in [0, 0.1) is 5.92 Å². The molecule has 1 nitrogen and oxygen atoms in total. The average Bonchev–Trinajstić information content (AvgIpc) is 2.57. The lowest BCUT2D eigenvalue weighted by molar-refractivity contribution is 0.121. The molecule has 2 aliphatic carbocycles. The second-order valence-corrected chi connectivity index (χ2v) is 5.99. The monoisotopic (exact) mass is 319 g/mol. The summed E-state index contributed by atoms with van der Waals surface area (Å²) < 4.78 is 13.0. The van der Waals surface area contributed by atoms with E-state index in [0.29, 0.717) is 12.8 Å². The molecule has 0 heterocycles. The van der Waals surface area contributed by atoms with E-state index in [1.54, 1.807) is 6.92 Å². The largest absolute Gasteiger partial charge is 0.328 e. The Bertz CT molecular complexity index is 176. The molecule has 0 amide bonds. The van der Waals surface area contributed by atoms with Gasteiger partial charge in [-0.05, 0) is 38.5 Å². The Morgan fingerprint density at radius 3 is 1.36 bits per heavy atom. The Kier molecular flexibility index (Phi) is 23.0. The van der Waals surface area contributed by atoms with Crippen LogP contribution < -0.4 is 5.73 Å². The SMILES string of the molecule is CC.CC.CC.CC1(F)CCC(N)CC1.CC1CCCCC1. The van der Waals surface area contributed by atoms with Crippen LogP contribution in [0.4, 0.5) is 4.39 Å². The summed E-state index contributed by atoms with van der Waals surface area (Å²) in [5, 5.41) is 0. The van der Waals surface area contributed by atoms with Gasteiger partial charge in [-0.2, -0.15) is 0 Å². The Morgan fingerprint density at radius 1 is 0.773 bits per heavy atom. The van der Waals surface area contributed by atoms with Gasteiger partial charge in [0.2, 0.25) is 0 Å². The topological polar surface area (TPSA) is 26.0 Å². The van der Waals surface area contributed by atoms with Gasteiger partial charge >= 0.3 is 0 Å². The number of halogens is 1. The molecule has 0 radical (unpaired) electrons. The van der Waals surface area contributed by atoms with Gasteiger partial charge in [-0.25, -0.2) is 4.39 Å². The summed E-state index contributed by atoms with van der Waals surface area (Å²) in [6.45, 7) is 16.0. The molecule has 0 aromatic rings. The normalized spacial score (nSPS) is 27.3. The molecule has 0 aliphatic heterocycles. The molecule has 0 bridgehead atoms. The molecule has 2 rings (SSSR count). The smallest absolute Gasteiger partial charge is 0.108 e. The molecule has 2 aliphatic rings. The first-order valence-corrected chi connectivity index (χ1v) is 9.94. The van der Waals surface area contributed by atoms with Gasteiger partial charge in [0.25, 0.3) is 0 Å². The van der Waals surface area contributed by atoms with Crippen molar-refractivity contribution in [1.29, 1.82) is 0 Å². The van der Waals surface area contributed by atoms with Gasteiger partial charge in [0.1, 0.15) is 5.67 Å². The predicted molar refractivity (Wildman–Crippen MR) is 102 cm³/mol. The van der Waals surface area contributed by atoms with Crippen molar-refractivity contribution < 1.29 is 4.39 Å². The van der Waals surface area contributed by atoms with Crippen LogP contribution in [0.25, 0.3) is 0 Å². The summed E-state index contributed by atoms with van der Waals surface area (Å²) in [7, 11) is 0. The molecule has 2 heteroatoms. The average molecular weight is 320 g/mol. The highest BCUT2D eigenvalue weighted by Crippen LogP contribution is 2.30. The maximum Gasteiger partial charge on any atom is 0.108 e. The lowest BCUT2D eigenvalue weighted by atomic mass is 9.85. The minimum atomic E-state index is -0.921. The zero-order chi connectivity index (χ0) is 18.0. The summed E-state index contributed by atoms with van der Waals surface area (Å²) in [5.74, 6) is 1.04. The van der Waals surface area contributed by atoms with E-state index in [0.717, 1.165) is 18.8 Å². The van der Waals surface area contributed by atoms with Crippen LogP contribution in [-0.2, 0) is 0 Å². The highest BCUT2D eigenvalue weighted by molar-refractivity contribution is 4.83. The van der Waals surface area contributed by atoms with E-state index in [4.69, 9.17) is 5.73 Å². The standard InChI is InChI=1S/C7H14FN.C7H14.3C2H6/c1-7(8)4-2-6(9)3-5-7;1-7-5-3-2-4-6-7;3*1-2/h6H,2-5,9H2,1H3;7H,2-6H2,1H3;3*1-2H3. The number of rotatable bonds is 0. The van der Waals surface area contributed by atoms with Crippen molar-refractivity contribution in [3.05, 3.63) is 0 Å². The summed E-state index contributed by atoms with van der Waals surface area (Å²) in [4.78, 5) is 0. The van der Waals surface area contributed by atoms with E-state index >= 15 is 0 Å². The molecule has 2 N–H and O–H groups in total. The molecular formula is C20H46FN. The van der Waals surface area contributed by atoms with Crippen LogP contribution in [0.1, 0.15) is 113 Å². The van der Waals surface area contributed by atoms with E-state index < -0.39 is 5.67 Å². The van der Waals surface area contributed by atoms with Gasteiger partial charge in [-0.1, -0.05) is 80.6 Å². The van der Waals surface area contributed by atoms with Gasteiger partial charge in [0.15, 0.2) is 0 Å². The Balaban J connectivity index is -0.000000249. The van der Waals surface area contributed by atoms with Gasteiger partial charge in [0.05, 0.1) is 0 Å². The Morgan fingerprint density at radius 2 is 1.14 bits per heavy atom. The van der Waals surface area contributed by atoms with Crippen LogP contribution in [0.2, 0.25) is 0 Å². The van der Waals surface area contributed by atoms with Gasteiger partial charge in [-0.15, -0.1) is 0 Å². The minimum absolute atomic E-state index is 0.258. The summed E-state index contributed by atoms with van der Waals surface area (Å²) in [6, 6.07) is 0.258. The zero-order valence-electron chi connectivity index (χ0n) is 17.0. The maximum atomic E-state index is 13.0. The molecule has 0 unspecified atom stereocenters. The first kappa shape index (κ1) is 26.8. The molecule has 138 valence electrons. The van der Waals surface area contributed by atoms with Crippen LogP contribution in [0.15, 0.2) is 0 Å². The number of nitrogens with two attached hydrogens (primary N) is 1. The molecule has 0 saturated heterocycles. The second-order valence-electron chi connectivity index (χ2n) is 5.99. The Labute approximate surface area is 141 Å². The highest BCUT2D eigenvalue weighted by atomic mass is 19.1. The van der Waals surface area contributed by atoms with E-state index in [1.807, 2.05) is 41.5 Å². The van der Waals surface area contributed by atoms with Crippen LogP contribution in [0.5, 0.6) is 0 Å². The zero-order valence-corrected chi connectivity index (χ0v) is 17.0. The van der Waals surface area contributed by atoms with Crippen LogP contribution >= 0.6 is 0 Å². The molecule has 0 aromatic heterocycles. The third-order valence-electron chi connectivity index (χ3n) is 3.97. The van der Waals surface area contributed by atoms with Crippen molar-refractivity contribution in [2.75, 3.05) is 0 Å². The van der Waals surface area contributed by atoms with Crippen LogP contribution in [0.3, 0.4) is 0 Å². The van der Waals surface area contributed by atoms with E-state index in [-0.39, 0.29) is 6.04 Å². The van der Waals surface area contributed by atoms with Crippen molar-refractivity contribution in [1.82, 2.24) is 0 Å². The molecule has 2 fully saturated rings. The van der Waals surface area contributed by atoms with E-state index in [9.17, 15) is 4.39 Å². The Hall–Kier alpha value is -0.110.